The second kappa shape index (κ2) is 6.59. The number of pyridine rings is 1. The number of nitrogens with zero attached hydrogens (tertiary/aromatic N) is 1. The summed E-state index contributed by atoms with van der Waals surface area (Å²) in [5.41, 5.74) is 5.65. The van der Waals surface area contributed by atoms with Gasteiger partial charge >= 0.3 is 0 Å². The molecule has 2 amide bonds. The van der Waals surface area contributed by atoms with Crippen LogP contribution in [-0.2, 0) is 16.0 Å². The fraction of sp³-hybridized carbons (Fsp3) is 0.364. The summed E-state index contributed by atoms with van der Waals surface area (Å²) in [6.07, 6.45) is 1.08. The zero-order valence-corrected chi connectivity index (χ0v) is 9.30. The van der Waals surface area contributed by atoms with Crippen LogP contribution >= 0.6 is 0 Å². The molecule has 6 nitrogen and oxygen atoms in total. The van der Waals surface area contributed by atoms with Crippen molar-refractivity contribution < 1.29 is 14.7 Å². The third-order valence-corrected chi connectivity index (χ3v) is 2.16. The number of primary amides is 1. The number of aliphatic hydroxyl groups excluding tert-OH is 1. The number of carbonyl (C=O) groups excluding carboxylic acids is 2. The van der Waals surface area contributed by atoms with Gasteiger partial charge in [0.1, 0.15) is 6.10 Å². The number of nitrogens with two attached hydrogens (primary N) is 1. The Morgan fingerprint density at radius 3 is 2.82 bits per heavy atom. The van der Waals surface area contributed by atoms with Crippen LogP contribution in [0.5, 0.6) is 0 Å². The minimum atomic E-state index is -1.34. The molecular formula is C11H15N3O3. The number of nitrogens with one attached hydrogen (secondary N) is 1. The number of hydrogen-bond donors (Lipinski definition) is 3. The molecule has 1 rings (SSSR count). The molecule has 4 N–H and O–H groups in total. The standard InChI is InChI=1S/C11H15N3O3/c12-11(17)9(15)7-14-10(16)5-4-8-3-1-2-6-13-8/h1-3,6,9,15H,4-5,7H2,(H2,12,17)(H,14,16). The van der Waals surface area contributed by atoms with E-state index in [1.54, 1.807) is 12.3 Å². The number of aryl methyl sites for hydroxylation is 1. The van der Waals surface area contributed by atoms with E-state index in [0.29, 0.717) is 6.42 Å². The summed E-state index contributed by atoms with van der Waals surface area (Å²) in [6.45, 7) is -0.156. The maximum atomic E-state index is 11.3. The lowest BCUT2D eigenvalue weighted by Gasteiger charge is -2.08. The van der Waals surface area contributed by atoms with E-state index in [-0.39, 0.29) is 18.9 Å². The van der Waals surface area contributed by atoms with Gasteiger partial charge in [0.25, 0.3) is 0 Å². The molecule has 0 aliphatic carbocycles. The molecule has 0 fully saturated rings. The van der Waals surface area contributed by atoms with Gasteiger partial charge in [0, 0.05) is 18.3 Å². The Labute approximate surface area is 98.8 Å². The van der Waals surface area contributed by atoms with Crippen molar-refractivity contribution in [2.75, 3.05) is 6.54 Å². The van der Waals surface area contributed by atoms with Gasteiger partial charge in [-0.25, -0.2) is 0 Å². The quantitative estimate of drug-likeness (QED) is 0.588. The molecule has 0 radical (unpaired) electrons. The van der Waals surface area contributed by atoms with Crippen LogP contribution in [0.1, 0.15) is 12.1 Å². The van der Waals surface area contributed by atoms with E-state index in [2.05, 4.69) is 10.3 Å². The van der Waals surface area contributed by atoms with Gasteiger partial charge in [-0.1, -0.05) is 6.07 Å². The van der Waals surface area contributed by atoms with Gasteiger partial charge < -0.3 is 16.2 Å². The Kier molecular flexibility index (Phi) is 5.09. The van der Waals surface area contributed by atoms with Crippen LogP contribution in [0.4, 0.5) is 0 Å². The van der Waals surface area contributed by atoms with Gasteiger partial charge in [-0.05, 0) is 18.6 Å². The topological polar surface area (TPSA) is 105 Å². The first-order chi connectivity index (χ1) is 8.09. The van der Waals surface area contributed by atoms with Crippen LogP contribution in [0, 0.1) is 0 Å². The van der Waals surface area contributed by atoms with E-state index in [1.165, 1.54) is 0 Å². The van der Waals surface area contributed by atoms with Crippen molar-refractivity contribution in [1.29, 1.82) is 0 Å². The Morgan fingerprint density at radius 1 is 1.47 bits per heavy atom. The van der Waals surface area contributed by atoms with Gasteiger partial charge in [0.15, 0.2) is 0 Å². The zero-order valence-electron chi connectivity index (χ0n) is 9.30. The van der Waals surface area contributed by atoms with Gasteiger partial charge in [0.2, 0.25) is 11.8 Å². The van der Waals surface area contributed by atoms with Crippen molar-refractivity contribution in [3.8, 4) is 0 Å². The molecule has 6 heteroatoms. The molecule has 0 aromatic carbocycles. The van der Waals surface area contributed by atoms with E-state index in [1.807, 2.05) is 12.1 Å². The predicted molar refractivity (Wildman–Crippen MR) is 60.8 cm³/mol. The molecule has 0 aliphatic rings. The van der Waals surface area contributed by atoms with Crippen LogP contribution in [-0.4, -0.2) is 34.6 Å². The van der Waals surface area contributed by atoms with E-state index < -0.39 is 12.0 Å². The van der Waals surface area contributed by atoms with Crippen molar-refractivity contribution in [2.24, 2.45) is 5.73 Å². The monoisotopic (exact) mass is 237 g/mol. The second-order valence-electron chi connectivity index (χ2n) is 3.54. The molecule has 1 atom stereocenters. The Bertz CT molecular complexity index is 381. The third-order valence-electron chi connectivity index (χ3n) is 2.16. The summed E-state index contributed by atoms with van der Waals surface area (Å²) in [4.78, 5) is 25.9. The molecule has 17 heavy (non-hydrogen) atoms. The summed E-state index contributed by atoms with van der Waals surface area (Å²) in [5, 5.41) is 11.5. The van der Waals surface area contributed by atoms with E-state index >= 15 is 0 Å². The number of carbonyl (C=O) groups is 2. The fourth-order valence-corrected chi connectivity index (χ4v) is 1.19. The lowest BCUT2D eigenvalue weighted by molar-refractivity contribution is -0.127. The van der Waals surface area contributed by atoms with Gasteiger partial charge in [0.05, 0.1) is 6.54 Å². The molecule has 0 aliphatic heterocycles. The third kappa shape index (κ3) is 5.07. The maximum Gasteiger partial charge on any atom is 0.248 e. The average Bonchev–Trinajstić information content (AvgIpc) is 2.34. The first-order valence-corrected chi connectivity index (χ1v) is 5.23. The minimum absolute atomic E-state index is 0.156. The van der Waals surface area contributed by atoms with Crippen LogP contribution in [0.3, 0.4) is 0 Å². The van der Waals surface area contributed by atoms with E-state index in [0.717, 1.165) is 5.69 Å². The van der Waals surface area contributed by atoms with E-state index in [9.17, 15) is 9.59 Å². The highest BCUT2D eigenvalue weighted by atomic mass is 16.3. The Morgan fingerprint density at radius 2 is 2.24 bits per heavy atom. The summed E-state index contributed by atoms with van der Waals surface area (Å²) in [5.74, 6) is -1.11. The number of amides is 2. The van der Waals surface area contributed by atoms with Crippen LogP contribution < -0.4 is 11.1 Å². The van der Waals surface area contributed by atoms with Crippen LogP contribution in [0.25, 0.3) is 0 Å². The molecule has 1 aromatic rings. The second-order valence-corrected chi connectivity index (χ2v) is 3.54. The molecule has 1 aromatic heterocycles. The van der Waals surface area contributed by atoms with Crippen LogP contribution in [0.15, 0.2) is 24.4 Å². The summed E-state index contributed by atoms with van der Waals surface area (Å²) >= 11 is 0. The summed E-state index contributed by atoms with van der Waals surface area (Å²) in [6, 6.07) is 5.47. The number of aliphatic hydroxyl groups is 1. The summed E-state index contributed by atoms with van der Waals surface area (Å²) in [7, 11) is 0. The molecule has 0 saturated carbocycles. The van der Waals surface area contributed by atoms with Crippen molar-refractivity contribution in [1.82, 2.24) is 10.3 Å². The van der Waals surface area contributed by atoms with Crippen molar-refractivity contribution in [3.63, 3.8) is 0 Å². The predicted octanol–water partition coefficient (Wildman–Crippen LogP) is -1.02. The molecule has 1 heterocycles. The lowest BCUT2D eigenvalue weighted by Crippen LogP contribution is -2.40. The van der Waals surface area contributed by atoms with Gasteiger partial charge in [-0.2, -0.15) is 0 Å². The van der Waals surface area contributed by atoms with Crippen LogP contribution in [0.2, 0.25) is 0 Å². The molecule has 0 spiro atoms. The molecule has 0 saturated heterocycles. The fourth-order valence-electron chi connectivity index (χ4n) is 1.19. The molecule has 92 valence electrons. The van der Waals surface area contributed by atoms with Crippen molar-refractivity contribution >= 4 is 11.8 Å². The summed E-state index contributed by atoms with van der Waals surface area (Å²) < 4.78 is 0. The smallest absolute Gasteiger partial charge is 0.248 e. The Balaban J connectivity index is 2.24. The zero-order chi connectivity index (χ0) is 12.7. The Hall–Kier alpha value is -1.95. The lowest BCUT2D eigenvalue weighted by atomic mass is 10.2. The highest BCUT2D eigenvalue weighted by Crippen LogP contribution is 1.97. The SMILES string of the molecule is NC(=O)C(O)CNC(=O)CCc1ccccn1. The normalized spacial score (nSPS) is 11.8. The largest absolute Gasteiger partial charge is 0.381 e. The molecule has 1 unspecified atom stereocenters. The van der Waals surface area contributed by atoms with Crippen molar-refractivity contribution in [2.45, 2.75) is 18.9 Å². The number of aromatic nitrogens is 1. The van der Waals surface area contributed by atoms with Gasteiger partial charge in [-0.15, -0.1) is 0 Å². The highest BCUT2D eigenvalue weighted by molar-refractivity contribution is 5.80. The number of hydrogen-bond acceptors (Lipinski definition) is 4. The average molecular weight is 237 g/mol. The molecular weight excluding hydrogens is 222 g/mol. The van der Waals surface area contributed by atoms with E-state index in [4.69, 9.17) is 10.8 Å². The minimum Gasteiger partial charge on any atom is -0.381 e. The van der Waals surface area contributed by atoms with Crippen molar-refractivity contribution in [3.05, 3.63) is 30.1 Å². The maximum absolute atomic E-state index is 11.3. The highest BCUT2D eigenvalue weighted by Gasteiger charge is 2.11. The number of rotatable bonds is 6. The molecule has 0 bridgehead atoms. The first kappa shape index (κ1) is 13.1. The first-order valence-electron chi connectivity index (χ1n) is 5.23. The van der Waals surface area contributed by atoms with Gasteiger partial charge in [-0.3, -0.25) is 14.6 Å².